The maximum absolute atomic E-state index is 12.6. The number of carbonyl (C=O) groups is 1. The number of fused-ring (bicyclic) bond motifs is 1. The zero-order valence-electron chi connectivity index (χ0n) is 14.8. The minimum Gasteiger partial charge on any atom is -0.340 e. The van der Waals surface area contributed by atoms with Crippen molar-refractivity contribution in [2.45, 2.75) is 19.9 Å². The van der Waals surface area contributed by atoms with Gasteiger partial charge in [-0.3, -0.25) is 4.79 Å². The SMILES string of the molecule is Cc1nc(C(=O)N[C@@H](C)c2nc3ccccc3[nH]2)nn1-c1ccc(Cl)cc1. The van der Waals surface area contributed by atoms with Crippen molar-refractivity contribution in [2.24, 2.45) is 0 Å². The highest BCUT2D eigenvalue weighted by atomic mass is 35.5. The van der Waals surface area contributed by atoms with Gasteiger partial charge in [0.2, 0.25) is 5.82 Å². The van der Waals surface area contributed by atoms with Gasteiger partial charge in [0.15, 0.2) is 0 Å². The number of aromatic amines is 1. The minimum absolute atomic E-state index is 0.102. The normalized spacial score (nSPS) is 12.3. The molecule has 2 heterocycles. The summed E-state index contributed by atoms with van der Waals surface area (Å²) < 4.78 is 1.61. The van der Waals surface area contributed by atoms with E-state index >= 15 is 0 Å². The van der Waals surface area contributed by atoms with Gasteiger partial charge in [-0.05, 0) is 50.2 Å². The summed E-state index contributed by atoms with van der Waals surface area (Å²) in [5, 5.41) is 7.83. The van der Waals surface area contributed by atoms with Gasteiger partial charge in [-0.15, -0.1) is 5.10 Å². The summed E-state index contributed by atoms with van der Waals surface area (Å²) in [6.07, 6.45) is 0. The van der Waals surface area contributed by atoms with E-state index in [-0.39, 0.29) is 17.8 Å². The van der Waals surface area contributed by atoms with Crippen LogP contribution in [0.5, 0.6) is 0 Å². The van der Waals surface area contributed by atoms with E-state index in [1.165, 1.54) is 0 Å². The molecule has 0 bridgehead atoms. The first-order valence-corrected chi connectivity index (χ1v) is 8.84. The lowest BCUT2D eigenvalue weighted by Crippen LogP contribution is -2.28. The molecule has 136 valence electrons. The maximum atomic E-state index is 12.6. The first-order valence-electron chi connectivity index (χ1n) is 8.46. The van der Waals surface area contributed by atoms with Gasteiger partial charge in [0.05, 0.1) is 22.8 Å². The first-order chi connectivity index (χ1) is 13.0. The van der Waals surface area contributed by atoms with Crippen molar-refractivity contribution < 1.29 is 4.79 Å². The van der Waals surface area contributed by atoms with Gasteiger partial charge in [-0.25, -0.2) is 14.6 Å². The fraction of sp³-hybridized carbons (Fsp3) is 0.158. The zero-order chi connectivity index (χ0) is 19.0. The Morgan fingerprint density at radius 1 is 1.15 bits per heavy atom. The molecule has 2 aromatic heterocycles. The lowest BCUT2D eigenvalue weighted by Gasteiger charge is -2.09. The van der Waals surface area contributed by atoms with E-state index in [0.29, 0.717) is 16.7 Å². The largest absolute Gasteiger partial charge is 0.340 e. The molecule has 7 nitrogen and oxygen atoms in total. The third-order valence-corrected chi connectivity index (χ3v) is 4.46. The highest BCUT2D eigenvalue weighted by molar-refractivity contribution is 6.30. The van der Waals surface area contributed by atoms with Crippen LogP contribution in [0.1, 0.15) is 35.2 Å². The number of aromatic nitrogens is 5. The van der Waals surface area contributed by atoms with Crippen LogP contribution in [0, 0.1) is 6.92 Å². The number of H-pyrrole nitrogens is 1. The van der Waals surface area contributed by atoms with Crippen molar-refractivity contribution in [3.05, 3.63) is 71.0 Å². The van der Waals surface area contributed by atoms with Crippen molar-refractivity contribution in [2.75, 3.05) is 0 Å². The summed E-state index contributed by atoms with van der Waals surface area (Å²) >= 11 is 5.92. The first kappa shape index (κ1) is 17.2. The van der Waals surface area contributed by atoms with E-state index in [9.17, 15) is 4.79 Å². The number of benzene rings is 2. The van der Waals surface area contributed by atoms with Crippen molar-refractivity contribution in [1.29, 1.82) is 0 Å². The number of halogens is 1. The van der Waals surface area contributed by atoms with Crippen LogP contribution in [0.25, 0.3) is 16.7 Å². The van der Waals surface area contributed by atoms with Gasteiger partial charge >= 0.3 is 0 Å². The predicted octanol–water partition coefficient (Wildman–Crippen LogP) is 3.60. The molecule has 0 radical (unpaired) electrons. The third-order valence-electron chi connectivity index (χ3n) is 4.21. The topological polar surface area (TPSA) is 88.5 Å². The van der Waals surface area contributed by atoms with Crippen LogP contribution < -0.4 is 5.32 Å². The molecule has 4 rings (SSSR count). The quantitative estimate of drug-likeness (QED) is 0.566. The van der Waals surface area contributed by atoms with Crippen LogP contribution >= 0.6 is 11.6 Å². The number of rotatable bonds is 4. The standard InChI is InChI=1S/C19H17ClN6O/c1-11(17-23-15-5-3-4-6-16(15)24-17)21-19(27)18-22-12(2)26(25-18)14-9-7-13(20)8-10-14/h3-11H,1-2H3,(H,21,27)(H,23,24)/t11-/m0/s1. The molecule has 0 unspecified atom stereocenters. The molecule has 1 atom stereocenters. The number of imidazole rings is 1. The fourth-order valence-corrected chi connectivity index (χ4v) is 2.95. The van der Waals surface area contributed by atoms with Crippen LogP contribution in [-0.4, -0.2) is 30.6 Å². The highest BCUT2D eigenvalue weighted by Gasteiger charge is 2.19. The van der Waals surface area contributed by atoms with E-state index in [4.69, 9.17) is 11.6 Å². The number of para-hydroxylation sites is 2. The van der Waals surface area contributed by atoms with Gasteiger partial charge in [-0.1, -0.05) is 23.7 Å². The molecule has 0 aliphatic heterocycles. The Morgan fingerprint density at radius 3 is 2.63 bits per heavy atom. The summed E-state index contributed by atoms with van der Waals surface area (Å²) in [5.41, 5.74) is 2.57. The molecule has 0 aliphatic carbocycles. The number of carbonyl (C=O) groups excluding carboxylic acids is 1. The monoisotopic (exact) mass is 380 g/mol. The fourth-order valence-electron chi connectivity index (χ4n) is 2.82. The number of hydrogen-bond donors (Lipinski definition) is 2. The summed E-state index contributed by atoms with van der Waals surface area (Å²) in [5.74, 6) is 1.03. The Labute approximate surface area is 160 Å². The molecule has 0 saturated carbocycles. The van der Waals surface area contributed by atoms with Crippen LogP contribution in [0.3, 0.4) is 0 Å². The van der Waals surface area contributed by atoms with Crippen LogP contribution in [-0.2, 0) is 0 Å². The van der Waals surface area contributed by atoms with Gasteiger partial charge in [0, 0.05) is 5.02 Å². The summed E-state index contributed by atoms with van der Waals surface area (Å²) in [6, 6.07) is 14.6. The van der Waals surface area contributed by atoms with E-state index in [1.54, 1.807) is 23.7 Å². The van der Waals surface area contributed by atoms with Crippen molar-refractivity contribution in [3.63, 3.8) is 0 Å². The van der Waals surface area contributed by atoms with E-state index < -0.39 is 0 Å². The average molecular weight is 381 g/mol. The van der Waals surface area contributed by atoms with Crippen LogP contribution in [0.4, 0.5) is 0 Å². The Balaban J connectivity index is 1.54. The van der Waals surface area contributed by atoms with E-state index in [0.717, 1.165) is 16.7 Å². The Bertz CT molecular complexity index is 1080. The molecule has 2 aromatic carbocycles. The van der Waals surface area contributed by atoms with Gasteiger partial charge < -0.3 is 10.3 Å². The minimum atomic E-state index is -0.362. The number of amides is 1. The molecule has 2 N–H and O–H groups in total. The molecule has 1 amide bonds. The van der Waals surface area contributed by atoms with Crippen molar-refractivity contribution in [1.82, 2.24) is 30.0 Å². The molecule has 0 fully saturated rings. The van der Waals surface area contributed by atoms with Crippen molar-refractivity contribution >= 4 is 28.5 Å². The van der Waals surface area contributed by atoms with Gasteiger partial charge in [0.1, 0.15) is 11.6 Å². The van der Waals surface area contributed by atoms with E-state index in [2.05, 4.69) is 25.4 Å². The smallest absolute Gasteiger partial charge is 0.291 e. The van der Waals surface area contributed by atoms with Gasteiger partial charge in [0.25, 0.3) is 5.91 Å². The third kappa shape index (κ3) is 3.41. The molecule has 0 aliphatic rings. The number of nitrogens with one attached hydrogen (secondary N) is 2. The summed E-state index contributed by atoms with van der Waals surface area (Å²) in [7, 11) is 0. The molecule has 4 aromatic rings. The molecule has 0 spiro atoms. The summed E-state index contributed by atoms with van der Waals surface area (Å²) in [6.45, 7) is 3.65. The molecular formula is C19H17ClN6O. The molecule has 0 saturated heterocycles. The Morgan fingerprint density at radius 2 is 1.89 bits per heavy atom. The lowest BCUT2D eigenvalue weighted by molar-refractivity contribution is 0.0928. The van der Waals surface area contributed by atoms with E-state index in [1.807, 2.05) is 43.3 Å². The van der Waals surface area contributed by atoms with Crippen molar-refractivity contribution in [3.8, 4) is 5.69 Å². The maximum Gasteiger partial charge on any atom is 0.291 e. The Kier molecular flexibility index (Phi) is 4.37. The van der Waals surface area contributed by atoms with Crippen LogP contribution in [0.2, 0.25) is 5.02 Å². The number of hydrogen-bond acceptors (Lipinski definition) is 4. The lowest BCUT2D eigenvalue weighted by atomic mass is 10.3. The van der Waals surface area contributed by atoms with Crippen LogP contribution in [0.15, 0.2) is 48.5 Å². The Hall–Kier alpha value is -3.19. The average Bonchev–Trinajstić information content (AvgIpc) is 3.26. The number of aryl methyl sites for hydroxylation is 1. The predicted molar refractivity (Wildman–Crippen MR) is 103 cm³/mol. The number of nitrogens with zero attached hydrogens (tertiary/aromatic N) is 4. The molecule has 27 heavy (non-hydrogen) atoms. The molecular weight excluding hydrogens is 364 g/mol. The highest BCUT2D eigenvalue weighted by Crippen LogP contribution is 2.17. The second-order valence-electron chi connectivity index (χ2n) is 6.21. The second-order valence-corrected chi connectivity index (χ2v) is 6.64. The zero-order valence-corrected chi connectivity index (χ0v) is 15.5. The second kappa shape index (κ2) is 6.85. The molecule has 8 heteroatoms. The summed E-state index contributed by atoms with van der Waals surface area (Å²) in [4.78, 5) is 24.6. The van der Waals surface area contributed by atoms with Gasteiger partial charge in [-0.2, -0.15) is 0 Å².